The standard InChI is InChI=1S/C6H2ClF2NO4S/c7-15(13,14)5-2-3(8)1-4(9)6(5)10(11)12/h1-2H. The van der Waals surface area contributed by atoms with Gasteiger partial charge in [-0.2, -0.15) is 4.39 Å². The second kappa shape index (κ2) is 3.70. The van der Waals surface area contributed by atoms with Crippen molar-refractivity contribution in [2.75, 3.05) is 0 Å². The molecule has 1 aromatic carbocycles. The first kappa shape index (κ1) is 11.8. The third-order valence-corrected chi connectivity index (χ3v) is 2.77. The Morgan fingerprint density at radius 2 is 1.87 bits per heavy atom. The van der Waals surface area contributed by atoms with E-state index in [2.05, 4.69) is 0 Å². The van der Waals surface area contributed by atoms with Crippen LogP contribution in [0.3, 0.4) is 0 Å². The highest BCUT2D eigenvalue weighted by Gasteiger charge is 2.29. The third-order valence-electron chi connectivity index (χ3n) is 1.44. The quantitative estimate of drug-likeness (QED) is 0.460. The fourth-order valence-corrected chi connectivity index (χ4v) is 1.91. The third kappa shape index (κ3) is 2.39. The van der Waals surface area contributed by atoms with Crippen LogP contribution in [-0.2, 0) is 9.05 Å². The lowest BCUT2D eigenvalue weighted by Crippen LogP contribution is -2.02. The second-order valence-corrected chi connectivity index (χ2v) is 4.96. The minimum absolute atomic E-state index is 0.198. The largest absolute Gasteiger partial charge is 0.324 e. The lowest BCUT2D eigenvalue weighted by atomic mass is 10.3. The maximum absolute atomic E-state index is 12.9. The summed E-state index contributed by atoms with van der Waals surface area (Å²) >= 11 is 0. The van der Waals surface area contributed by atoms with Crippen molar-refractivity contribution < 1.29 is 22.1 Å². The molecule has 0 unspecified atom stereocenters. The summed E-state index contributed by atoms with van der Waals surface area (Å²) in [7, 11) is 0.213. The first-order chi connectivity index (χ1) is 6.73. The molecule has 1 rings (SSSR count). The summed E-state index contributed by atoms with van der Waals surface area (Å²) in [4.78, 5) is 7.83. The number of benzene rings is 1. The van der Waals surface area contributed by atoms with Crippen molar-refractivity contribution >= 4 is 25.4 Å². The molecule has 0 aliphatic carbocycles. The average molecular weight is 258 g/mol. The van der Waals surface area contributed by atoms with Gasteiger partial charge < -0.3 is 0 Å². The molecule has 0 saturated heterocycles. The normalized spacial score (nSPS) is 11.4. The van der Waals surface area contributed by atoms with Crippen LogP contribution in [-0.4, -0.2) is 13.3 Å². The first-order valence-electron chi connectivity index (χ1n) is 3.31. The maximum Gasteiger partial charge on any atom is 0.324 e. The van der Waals surface area contributed by atoms with E-state index in [9.17, 15) is 27.3 Å². The lowest BCUT2D eigenvalue weighted by Gasteiger charge is -2.00. The minimum atomic E-state index is -4.57. The predicted molar refractivity (Wildman–Crippen MR) is 46.1 cm³/mol. The molecule has 0 heterocycles. The van der Waals surface area contributed by atoms with Gasteiger partial charge >= 0.3 is 5.69 Å². The maximum atomic E-state index is 12.9. The van der Waals surface area contributed by atoms with Crippen molar-refractivity contribution in [2.24, 2.45) is 0 Å². The van der Waals surface area contributed by atoms with Gasteiger partial charge in [-0.15, -0.1) is 0 Å². The zero-order valence-corrected chi connectivity index (χ0v) is 8.35. The summed E-state index contributed by atoms with van der Waals surface area (Å²) in [6, 6.07) is 0.479. The number of rotatable bonds is 2. The molecular weight excluding hydrogens is 256 g/mol. The van der Waals surface area contributed by atoms with Crippen molar-refractivity contribution in [1.82, 2.24) is 0 Å². The van der Waals surface area contributed by atoms with E-state index in [4.69, 9.17) is 10.7 Å². The molecule has 0 fully saturated rings. The Kier molecular flexibility index (Phi) is 2.91. The van der Waals surface area contributed by atoms with Gasteiger partial charge in [0.1, 0.15) is 5.82 Å². The summed E-state index contributed by atoms with van der Waals surface area (Å²) in [5.74, 6) is -2.86. The molecule has 1 aromatic rings. The molecule has 82 valence electrons. The summed E-state index contributed by atoms with van der Waals surface area (Å²) in [5.41, 5.74) is -1.37. The Labute approximate surface area is 86.8 Å². The molecule has 0 N–H and O–H groups in total. The van der Waals surface area contributed by atoms with Crippen LogP contribution >= 0.6 is 10.7 Å². The molecule has 0 spiro atoms. The minimum Gasteiger partial charge on any atom is -0.258 e. The summed E-state index contributed by atoms with van der Waals surface area (Å²) in [5, 5.41) is 10.3. The Morgan fingerprint density at radius 1 is 1.33 bits per heavy atom. The molecule has 0 aliphatic heterocycles. The van der Waals surface area contributed by atoms with Crippen molar-refractivity contribution in [3.8, 4) is 0 Å². The highest BCUT2D eigenvalue weighted by molar-refractivity contribution is 8.13. The van der Waals surface area contributed by atoms with Crippen LogP contribution in [0.5, 0.6) is 0 Å². The van der Waals surface area contributed by atoms with Gasteiger partial charge in [-0.25, -0.2) is 12.8 Å². The van der Waals surface area contributed by atoms with E-state index >= 15 is 0 Å². The van der Waals surface area contributed by atoms with Crippen molar-refractivity contribution in [2.45, 2.75) is 4.90 Å². The van der Waals surface area contributed by atoms with Crippen molar-refractivity contribution in [3.63, 3.8) is 0 Å². The van der Waals surface area contributed by atoms with Crippen molar-refractivity contribution in [3.05, 3.63) is 33.9 Å². The smallest absolute Gasteiger partial charge is 0.258 e. The van der Waals surface area contributed by atoms with E-state index in [0.717, 1.165) is 0 Å². The average Bonchev–Trinajstić information content (AvgIpc) is 1.99. The van der Waals surface area contributed by atoms with Gasteiger partial charge in [-0.3, -0.25) is 10.1 Å². The molecule has 0 aromatic heterocycles. The molecule has 0 atom stereocenters. The zero-order chi connectivity index (χ0) is 11.8. The zero-order valence-electron chi connectivity index (χ0n) is 6.78. The van der Waals surface area contributed by atoms with E-state index in [-0.39, 0.29) is 12.1 Å². The first-order valence-corrected chi connectivity index (χ1v) is 5.62. The van der Waals surface area contributed by atoms with E-state index in [1.54, 1.807) is 0 Å². The molecular formula is C6H2ClF2NO4S. The van der Waals surface area contributed by atoms with E-state index in [1.807, 2.05) is 0 Å². The summed E-state index contributed by atoms with van der Waals surface area (Å²) in [6.45, 7) is 0. The van der Waals surface area contributed by atoms with Crippen LogP contribution < -0.4 is 0 Å². The second-order valence-electron chi connectivity index (χ2n) is 2.43. The molecule has 0 saturated carbocycles. The van der Waals surface area contributed by atoms with Crippen LogP contribution in [0.2, 0.25) is 0 Å². The highest BCUT2D eigenvalue weighted by atomic mass is 35.7. The predicted octanol–water partition coefficient (Wildman–Crippen LogP) is 1.80. The molecule has 15 heavy (non-hydrogen) atoms. The van der Waals surface area contributed by atoms with Crippen LogP contribution in [0, 0.1) is 21.7 Å². The van der Waals surface area contributed by atoms with Gasteiger partial charge in [-0.1, -0.05) is 0 Å². The van der Waals surface area contributed by atoms with Gasteiger partial charge in [0.05, 0.1) is 4.92 Å². The van der Waals surface area contributed by atoms with Gasteiger partial charge in [-0.05, 0) is 0 Å². The van der Waals surface area contributed by atoms with Gasteiger partial charge in [0, 0.05) is 22.8 Å². The number of nitrogens with zero attached hydrogens (tertiary/aromatic N) is 1. The van der Waals surface area contributed by atoms with Crippen molar-refractivity contribution in [1.29, 1.82) is 0 Å². The van der Waals surface area contributed by atoms with Gasteiger partial charge in [0.15, 0.2) is 4.90 Å². The van der Waals surface area contributed by atoms with Gasteiger partial charge in [0.25, 0.3) is 9.05 Å². The Morgan fingerprint density at radius 3 is 2.27 bits per heavy atom. The van der Waals surface area contributed by atoms with E-state index < -0.39 is 36.2 Å². The Bertz CT molecular complexity index is 530. The number of halogens is 3. The van der Waals surface area contributed by atoms with E-state index in [0.29, 0.717) is 0 Å². The number of hydrogen-bond acceptors (Lipinski definition) is 4. The lowest BCUT2D eigenvalue weighted by molar-refractivity contribution is -0.390. The summed E-state index contributed by atoms with van der Waals surface area (Å²) in [6.07, 6.45) is 0. The SMILES string of the molecule is O=[N+]([O-])c1c(F)cc(F)cc1S(=O)(=O)Cl. The van der Waals surface area contributed by atoms with Crippen LogP contribution in [0.4, 0.5) is 14.5 Å². The molecule has 9 heteroatoms. The number of nitro groups is 1. The van der Waals surface area contributed by atoms with Crippen LogP contribution in [0.1, 0.15) is 0 Å². The monoisotopic (exact) mass is 257 g/mol. The fourth-order valence-electron chi connectivity index (χ4n) is 0.905. The van der Waals surface area contributed by atoms with E-state index in [1.165, 1.54) is 0 Å². The topological polar surface area (TPSA) is 77.3 Å². The Hall–Kier alpha value is -1.28. The molecule has 0 amide bonds. The number of nitro benzene ring substituents is 1. The number of hydrogen-bond donors (Lipinski definition) is 0. The summed E-state index contributed by atoms with van der Waals surface area (Å²) < 4.78 is 47.1. The molecule has 0 radical (unpaired) electrons. The molecule has 5 nitrogen and oxygen atoms in total. The molecule has 0 aliphatic rings. The Balaban J connectivity index is 3.70. The van der Waals surface area contributed by atoms with Gasteiger partial charge in [0.2, 0.25) is 5.82 Å². The van der Waals surface area contributed by atoms with Crippen LogP contribution in [0.15, 0.2) is 17.0 Å². The van der Waals surface area contributed by atoms with Crippen LogP contribution in [0.25, 0.3) is 0 Å². The molecule has 0 bridgehead atoms. The fraction of sp³-hybridized carbons (Fsp3) is 0. The highest BCUT2D eigenvalue weighted by Crippen LogP contribution is 2.30.